The average molecular weight is 361 g/mol. The van der Waals surface area contributed by atoms with Gasteiger partial charge in [-0.1, -0.05) is 0 Å². The van der Waals surface area contributed by atoms with E-state index < -0.39 is 9.84 Å². The Hall–Kier alpha value is -2.35. The molecule has 134 valence electrons. The summed E-state index contributed by atoms with van der Waals surface area (Å²) < 4.78 is 23.2. The van der Waals surface area contributed by atoms with Gasteiger partial charge < -0.3 is 15.5 Å². The molecule has 0 aliphatic carbocycles. The zero-order chi connectivity index (χ0) is 18.0. The van der Waals surface area contributed by atoms with Crippen molar-refractivity contribution in [1.29, 1.82) is 0 Å². The topological polar surface area (TPSA) is 87.2 Å². The molecule has 1 aromatic carbocycles. The fourth-order valence-electron chi connectivity index (χ4n) is 2.81. The number of hydrogen-bond acceptors (Lipinski definition) is 7. The third-order valence-electron chi connectivity index (χ3n) is 4.08. The third kappa shape index (κ3) is 4.60. The molecule has 0 radical (unpaired) electrons. The third-order valence-corrected chi connectivity index (χ3v) is 5.85. The van der Waals surface area contributed by atoms with Crippen molar-refractivity contribution in [2.45, 2.75) is 19.4 Å². The monoisotopic (exact) mass is 361 g/mol. The molecule has 1 aliphatic heterocycles. The predicted molar refractivity (Wildman–Crippen MR) is 102 cm³/mol. The van der Waals surface area contributed by atoms with Crippen molar-refractivity contribution in [2.24, 2.45) is 0 Å². The van der Waals surface area contributed by atoms with Crippen molar-refractivity contribution in [3.8, 4) is 0 Å². The van der Waals surface area contributed by atoms with Gasteiger partial charge in [0.15, 0.2) is 9.84 Å². The molecule has 2 heterocycles. The van der Waals surface area contributed by atoms with Crippen LogP contribution in [0.15, 0.2) is 30.3 Å². The number of anilines is 4. The highest BCUT2D eigenvalue weighted by atomic mass is 32.2. The van der Waals surface area contributed by atoms with Crippen LogP contribution < -0.4 is 15.5 Å². The maximum absolute atomic E-state index is 11.6. The van der Waals surface area contributed by atoms with Crippen molar-refractivity contribution in [2.75, 3.05) is 41.1 Å². The predicted octanol–water partition coefficient (Wildman–Crippen LogP) is 2.19. The van der Waals surface area contributed by atoms with Crippen LogP contribution in [0.25, 0.3) is 0 Å². The summed E-state index contributed by atoms with van der Waals surface area (Å²) in [5.41, 5.74) is 2.05. The lowest BCUT2D eigenvalue weighted by atomic mass is 10.2. The molecule has 1 atom stereocenters. The highest BCUT2D eigenvalue weighted by Gasteiger charge is 2.28. The first-order valence-electron chi connectivity index (χ1n) is 8.18. The van der Waals surface area contributed by atoms with Gasteiger partial charge in [-0.2, -0.15) is 0 Å². The zero-order valence-electron chi connectivity index (χ0n) is 14.7. The molecule has 7 nitrogen and oxygen atoms in total. The molecule has 25 heavy (non-hydrogen) atoms. The van der Waals surface area contributed by atoms with Gasteiger partial charge in [0, 0.05) is 37.6 Å². The van der Waals surface area contributed by atoms with E-state index in [-0.39, 0.29) is 17.5 Å². The van der Waals surface area contributed by atoms with E-state index in [2.05, 4.69) is 20.6 Å². The van der Waals surface area contributed by atoms with Gasteiger partial charge in [-0.25, -0.2) is 18.4 Å². The Morgan fingerprint density at radius 3 is 2.40 bits per heavy atom. The molecular weight excluding hydrogens is 338 g/mol. The number of aryl methyl sites for hydroxylation is 1. The highest BCUT2D eigenvalue weighted by molar-refractivity contribution is 7.91. The normalized spacial score (nSPS) is 18.8. The molecule has 0 bridgehead atoms. The molecule has 0 saturated carbocycles. The summed E-state index contributed by atoms with van der Waals surface area (Å²) in [6, 6.07) is 9.74. The number of aromatic nitrogens is 2. The van der Waals surface area contributed by atoms with Gasteiger partial charge in [-0.15, -0.1) is 0 Å². The second-order valence-corrected chi connectivity index (χ2v) is 8.72. The smallest absolute Gasteiger partial charge is 0.152 e. The summed E-state index contributed by atoms with van der Waals surface area (Å²) in [6.45, 7) is 1.82. The summed E-state index contributed by atoms with van der Waals surface area (Å²) in [6.07, 6.45) is 0.611. The van der Waals surface area contributed by atoms with E-state index in [1.54, 1.807) is 6.07 Å². The Kier molecular flexibility index (Phi) is 4.80. The quantitative estimate of drug-likeness (QED) is 0.844. The van der Waals surface area contributed by atoms with Crippen LogP contribution in [-0.2, 0) is 9.84 Å². The summed E-state index contributed by atoms with van der Waals surface area (Å²) in [4.78, 5) is 10.8. The minimum absolute atomic E-state index is 0.0912. The van der Waals surface area contributed by atoms with Crippen LogP contribution >= 0.6 is 0 Å². The number of sulfone groups is 1. The largest absolute Gasteiger partial charge is 0.378 e. The zero-order valence-corrected chi connectivity index (χ0v) is 15.5. The molecule has 0 amide bonds. The van der Waals surface area contributed by atoms with Crippen molar-refractivity contribution in [3.63, 3.8) is 0 Å². The van der Waals surface area contributed by atoms with Crippen molar-refractivity contribution < 1.29 is 8.42 Å². The van der Waals surface area contributed by atoms with Crippen LogP contribution in [0.3, 0.4) is 0 Å². The van der Waals surface area contributed by atoms with Gasteiger partial charge >= 0.3 is 0 Å². The fourth-order valence-corrected chi connectivity index (χ4v) is 4.49. The lowest BCUT2D eigenvalue weighted by molar-refractivity contribution is 0.602. The van der Waals surface area contributed by atoms with Gasteiger partial charge in [-0.05, 0) is 37.6 Å². The van der Waals surface area contributed by atoms with Crippen LogP contribution in [-0.4, -0.2) is 50.0 Å². The molecule has 2 aromatic rings. The number of nitrogens with one attached hydrogen (secondary N) is 2. The SMILES string of the molecule is Cc1nc(Nc2ccc(N(C)C)cc2)cc(NC2CCS(=O)(=O)C2)n1. The minimum Gasteiger partial charge on any atom is -0.378 e. The van der Waals surface area contributed by atoms with Crippen LogP contribution in [0.1, 0.15) is 12.2 Å². The van der Waals surface area contributed by atoms with Crippen LogP contribution in [0.2, 0.25) is 0 Å². The van der Waals surface area contributed by atoms with Crippen molar-refractivity contribution >= 4 is 32.8 Å². The highest BCUT2D eigenvalue weighted by Crippen LogP contribution is 2.22. The van der Waals surface area contributed by atoms with Crippen molar-refractivity contribution in [3.05, 3.63) is 36.2 Å². The Bertz CT molecular complexity index is 850. The van der Waals surface area contributed by atoms with Gasteiger partial charge in [0.2, 0.25) is 0 Å². The van der Waals surface area contributed by atoms with Crippen molar-refractivity contribution in [1.82, 2.24) is 9.97 Å². The second-order valence-electron chi connectivity index (χ2n) is 6.50. The molecule has 3 rings (SSSR count). The Morgan fingerprint density at radius 1 is 1.12 bits per heavy atom. The van der Waals surface area contributed by atoms with Gasteiger partial charge in [0.1, 0.15) is 17.5 Å². The Balaban J connectivity index is 1.73. The van der Waals surface area contributed by atoms with Gasteiger partial charge in [0.25, 0.3) is 0 Å². The Labute approximate surface area is 148 Å². The summed E-state index contributed by atoms with van der Waals surface area (Å²) in [7, 11) is 1.07. The van der Waals surface area contributed by atoms with E-state index in [1.807, 2.05) is 50.2 Å². The molecule has 1 aromatic heterocycles. The van der Waals surface area contributed by atoms with E-state index in [4.69, 9.17) is 0 Å². The van der Waals surface area contributed by atoms with E-state index in [0.29, 0.717) is 23.9 Å². The van der Waals surface area contributed by atoms with E-state index in [0.717, 1.165) is 11.4 Å². The number of hydrogen-bond donors (Lipinski definition) is 2. The first-order valence-corrected chi connectivity index (χ1v) is 10.00. The maximum atomic E-state index is 11.6. The second kappa shape index (κ2) is 6.87. The molecule has 2 N–H and O–H groups in total. The molecule has 1 unspecified atom stereocenters. The molecular formula is C17H23N5O2S. The van der Waals surface area contributed by atoms with E-state index in [1.165, 1.54) is 0 Å². The first kappa shape index (κ1) is 17.5. The van der Waals surface area contributed by atoms with E-state index in [9.17, 15) is 8.42 Å². The maximum Gasteiger partial charge on any atom is 0.152 e. The Morgan fingerprint density at radius 2 is 1.80 bits per heavy atom. The number of nitrogens with zero attached hydrogens (tertiary/aromatic N) is 3. The minimum atomic E-state index is -2.92. The molecule has 1 saturated heterocycles. The molecule has 0 spiro atoms. The molecule has 1 fully saturated rings. The summed E-state index contributed by atoms with van der Waals surface area (Å²) in [5.74, 6) is 2.33. The van der Waals surface area contributed by atoms with Gasteiger partial charge in [0.05, 0.1) is 11.5 Å². The standard InChI is InChI=1S/C17H23N5O2S/c1-12-18-16(20-13-4-6-15(7-5-13)22(2)3)10-17(19-12)21-14-8-9-25(23,24)11-14/h4-7,10,14H,8-9,11H2,1-3H3,(H2,18,19,20,21). The number of rotatable bonds is 5. The average Bonchev–Trinajstić information content (AvgIpc) is 2.86. The lowest BCUT2D eigenvalue weighted by Crippen LogP contribution is -2.21. The first-order chi connectivity index (χ1) is 11.8. The van der Waals surface area contributed by atoms with Crippen LogP contribution in [0.5, 0.6) is 0 Å². The fraction of sp³-hybridized carbons (Fsp3) is 0.412. The number of benzene rings is 1. The van der Waals surface area contributed by atoms with Crippen LogP contribution in [0, 0.1) is 6.92 Å². The summed E-state index contributed by atoms with van der Waals surface area (Å²) >= 11 is 0. The molecule has 1 aliphatic rings. The lowest BCUT2D eigenvalue weighted by Gasteiger charge is -2.15. The van der Waals surface area contributed by atoms with E-state index >= 15 is 0 Å². The summed E-state index contributed by atoms with van der Waals surface area (Å²) in [5, 5.41) is 6.48. The van der Waals surface area contributed by atoms with Crippen LogP contribution in [0.4, 0.5) is 23.0 Å². The van der Waals surface area contributed by atoms with Gasteiger partial charge in [-0.3, -0.25) is 0 Å². The molecule has 8 heteroatoms.